The first-order valence-electron chi connectivity index (χ1n) is 11.5. The lowest BCUT2D eigenvalue weighted by molar-refractivity contribution is -0.118. The Morgan fingerprint density at radius 2 is 2.09 bits per heavy atom. The van der Waals surface area contributed by atoms with Crippen molar-refractivity contribution in [3.8, 4) is 0 Å². The number of benzene rings is 1. The van der Waals surface area contributed by atoms with Crippen molar-refractivity contribution >= 4 is 22.8 Å². The molecule has 7 heteroatoms. The first-order chi connectivity index (χ1) is 16.1. The Labute approximate surface area is 206 Å². The topological polar surface area (TPSA) is 111 Å². The summed E-state index contributed by atoms with van der Waals surface area (Å²) < 4.78 is 17.6. The largest absolute Gasteiger partial charge is 0.616 e. The second-order valence-electron chi connectivity index (χ2n) is 8.65. The number of ether oxygens (including phenoxy) is 1. The van der Waals surface area contributed by atoms with Crippen LogP contribution in [0.3, 0.4) is 0 Å². The van der Waals surface area contributed by atoms with E-state index in [0.717, 1.165) is 29.5 Å². The van der Waals surface area contributed by atoms with Gasteiger partial charge in [-0.15, -0.1) is 6.58 Å². The van der Waals surface area contributed by atoms with Gasteiger partial charge in [0.15, 0.2) is 5.88 Å². The number of carbonyl (C=O) groups is 1. The molecule has 0 fully saturated rings. The van der Waals surface area contributed by atoms with Crippen LogP contribution >= 0.6 is 0 Å². The fourth-order valence-electron chi connectivity index (χ4n) is 3.84. The number of rotatable bonds is 12. The molecule has 1 aromatic rings. The Kier molecular flexibility index (Phi) is 10.7. The summed E-state index contributed by atoms with van der Waals surface area (Å²) in [4.78, 5) is 12.6. The molecule has 1 aliphatic rings. The molecule has 6 nitrogen and oxygen atoms in total. The van der Waals surface area contributed by atoms with Gasteiger partial charge in [0.25, 0.3) is 5.91 Å². The van der Waals surface area contributed by atoms with Crippen molar-refractivity contribution in [1.82, 2.24) is 5.32 Å². The second kappa shape index (κ2) is 13.2. The number of hydrogen-bond donors (Lipinski definition) is 3. The number of nitrogens with two attached hydrogens (primary N) is 1. The first kappa shape index (κ1) is 27.5. The van der Waals surface area contributed by atoms with E-state index in [4.69, 9.17) is 15.9 Å². The van der Waals surface area contributed by atoms with Gasteiger partial charge in [-0.2, -0.15) is 0 Å². The van der Waals surface area contributed by atoms with Gasteiger partial charge in [-0.1, -0.05) is 36.4 Å². The number of aryl methyl sites for hydroxylation is 2. The van der Waals surface area contributed by atoms with Gasteiger partial charge in [-0.05, 0) is 68.4 Å². The third-order valence-electron chi connectivity index (χ3n) is 5.75. The summed E-state index contributed by atoms with van der Waals surface area (Å²) in [6.07, 6.45) is 11.8. The maximum atomic E-state index is 12.6. The van der Waals surface area contributed by atoms with Crippen LogP contribution in [0.5, 0.6) is 0 Å². The van der Waals surface area contributed by atoms with Gasteiger partial charge in [0.05, 0.1) is 18.0 Å². The number of nitrogens with one attached hydrogen (secondary N) is 2. The van der Waals surface area contributed by atoms with Crippen molar-refractivity contribution in [3.63, 3.8) is 0 Å². The third-order valence-corrected chi connectivity index (χ3v) is 6.93. The lowest BCUT2D eigenvalue weighted by Crippen LogP contribution is -2.37. The van der Waals surface area contributed by atoms with E-state index in [1.165, 1.54) is 0 Å². The van der Waals surface area contributed by atoms with Crippen LogP contribution < -0.4 is 11.1 Å². The van der Waals surface area contributed by atoms with E-state index in [1.54, 1.807) is 18.4 Å². The minimum Gasteiger partial charge on any atom is -0.616 e. The van der Waals surface area contributed by atoms with Crippen LogP contribution in [0.2, 0.25) is 0 Å². The van der Waals surface area contributed by atoms with Crippen molar-refractivity contribution in [2.75, 3.05) is 12.9 Å². The maximum Gasteiger partial charge on any atom is 0.251 e. The molecule has 0 radical (unpaired) electrons. The predicted molar refractivity (Wildman–Crippen MR) is 141 cm³/mol. The lowest BCUT2D eigenvalue weighted by atomic mass is 9.92. The summed E-state index contributed by atoms with van der Waals surface area (Å²) in [5, 5.41) is 11.6. The summed E-state index contributed by atoms with van der Waals surface area (Å²) in [7, 11) is 0. The first-order valence-corrected chi connectivity index (χ1v) is 13.2. The molecule has 0 bridgehead atoms. The highest BCUT2D eigenvalue weighted by molar-refractivity contribution is 7.91. The van der Waals surface area contributed by atoms with Crippen molar-refractivity contribution < 1.29 is 14.1 Å². The molecule has 1 amide bonds. The molecule has 0 saturated carbocycles. The highest BCUT2D eigenvalue weighted by Gasteiger charge is 2.22. The van der Waals surface area contributed by atoms with Crippen LogP contribution in [0.1, 0.15) is 49.3 Å². The number of unbranched alkanes of at least 4 members (excludes halogenated alkanes) is 1. The van der Waals surface area contributed by atoms with Gasteiger partial charge in [0, 0.05) is 23.1 Å². The maximum absolute atomic E-state index is 12.6. The van der Waals surface area contributed by atoms with E-state index in [1.807, 2.05) is 51.1 Å². The van der Waals surface area contributed by atoms with Crippen molar-refractivity contribution in [3.05, 3.63) is 82.8 Å². The monoisotopic (exact) mass is 483 g/mol. The third kappa shape index (κ3) is 7.64. The van der Waals surface area contributed by atoms with E-state index < -0.39 is 11.2 Å². The average Bonchev–Trinajstić information content (AvgIpc) is 2.80. The summed E-state index contributed by atoms with van der Waals surface area (Å²) in [5.41, 5.74) is 10.8. The molecule has 34 heavy (non-hydrogen) atoms. The second-order valence-corrected chi connectivity index (χ2v) is 10.3. The Morgan fingerprint density at radius 3 is 2.71 bits per heavy atom. The van der Waals surface area contributed by atoms with Gasteiger partial charge in [0.2, 0.25) is 0 Å². The van der Waals surface area contributed by atoms with Crippen LogP contribution in [-0.2, 0) is 20.7 Å². The molecule has 1 aromatic carbocycles. The molecular weight excluding hydrogens is 446 g/mol. The number of carbonyl (C=O) groups excluding carboxylic acids is 1. The van der Waals surface area contributed by atoms with Crippen LogP contribution in [0, 0.1) is 19.3 Å². The fraction of sp³-hybridized carbons (Fsp3) is 0.407. The number of hydrogen-bond acceptors (Lipinski definition) is 5. The number of allylic oxidation sites excluding steroid dienone is 3. The molecule has 4 N–H and O–H groups in total. The van der Waals surface area contributed by atoms with E-state index in [-0.39, 0.29) is 29.7 Å². The van der Waals surface area contributed by atoms with Crippen molar-refractivity contribution in [2.24, 2.45) is 5.73 Å². The summed E-state index contributed by atoms with van der Waals surface area (Å²) in [5.74, 6) is -0.0319. The molecule has 184 valence electrons. The van der Waals surface area contributed by atoms with E-state index in [2.05, 4.69) is 11.9 Å². The van der Waals surface area contributed by atoms with Crippen molar-refractivity contribution in [1.29, 1.82) is 5.41 Å². The molecule has 0 aromatic heterocycles. The lowest BCUT2D eigenvalue weighted by Gasteiger charge is -2.21. The molecule has 1 aliphatic carbocycles. The highest BCUT2D eigenvalue weighted by atomic mass is 32.2. The van der Waals surface area contributed by atoms with E-state index in [0.29, 0.717) is 29.7 Å². The Hall–Kier alpha value is -2.77. The quantitative estimate of drug-likeness (QED) is 0.135. The molecule has 0 saturated heterocycles. The van der Waals surface area contributed by atoms with E-state index >= 15 is 0 Å². The van der Waals surface area contributed by atoms with Gasteiger partial charge in [-0.3, -0.25) is 10.2 Å². The Balaban J connectivity index is 2.11. The summed E-state index contributed by atoms with van der Waals surface area (Å²) in [6.45, 7) is 9.75. The summed E-state index contributed by atoms with van der Waals surface area (Å²) >= 11 is -1.03. The summed E-state index contributed by atoms with van der Waals surface area (Å²) in [6, 6.07) is 5.64. The van der Waals surface area contributed by atoms with Gasteiger partial charge in [-0.25, -0.2) is 0 Å². The molecule has 2 rings (SSSR count). The molecule has 0 spiro atoms. The predicted octanol–water partition coefficient (Wildman–Crippen LogP) is 4.35. The van der Waals surface area contributed by atoms with Crippen LogP contribution in [-0.4, -0.2) is 40.3 Å². The number of amides is 1. The Morgan fingerprint density at radius 1 is 1.41 bits per heavy atom. The van der Waals surface area contributed by atoms with Crippen LogP contribution in [0.25, 0.3) is 0 Å². The molecule has 3 atom stereocenters. The zero-order chi connectivity index (χ0) is 25.3. The highest BCUT2D eigenvalue weighted by Crippen LogP contribution is 2.23. The van der Waals surface area contributed by atoms with Gasteiger partial charge < -0.3 is 20.3 Å². The minimum atomic E-state index is -1.03. The van der Waals surface area contributed by atoms with Gasteiger partial charge in [0.1, 0.15) is 11.9 Å². The molecular formula is C27H37N3O3S. The van der Waals surface area contributed by atoms with Crippen molar-refractivity contribution in [2.45, 2.75) is 57.7 Å². The normalized spacial score (nSPS) is 17.8. The van der Waals surface area contributed by atoms with Gasteiger partial charge >= 0.3 is 0 Å². The zero-order valence-electron chi connectivity index (χ0n) is 20.6. The standard InChI is InChI=1S/C27H37N3O3S/c1-6-7-8-15-23(25(28)24-18(2)11-9-12-19(24)3)26(29)33-17-20(4)30-27(31)21-13-10-14-22(16-21)34(5)32/h6,9-13,16,20,22,28H,1,7-8,14-15,17,29H2,2-5H3,(H,30,31)/b26-23+,28-25?/t20-,22?,34?/m1/s1. The SMILES string of the molecule is C=CCCC/C(C(=N)c1c(C)cccc1C)=C(/N)OC[C@@H](C)NC(=O)C1=CC([S+](C)[O-])CC=C1. The Bertz CT molecular complexity index is 975. The fourth-order valence-corrected chi connectivity index (χ4v) is 4.56. The molecule has 2 unspecified atom stereocenters. The molecule has 0 aliphatic heterocycles. The molecule has 0 heterocycles. The van der Waals surface area contributed by atoms with E-state index in [9.17, 15) is 9.35 Å². The average molecular weight is 484 g/mol. The zero-order valence-corrected chi connectivity index (χ0v) is 21.5. The minimum absolute atomic E-state index is 0.148. The van der Waals surface area contributed by atoms with Crippen LogP contribution in [0.4, 0.5) is 0 Å². The van der Waals surface area contributed by atoms with Crippen LogP contribution in [0.15, 0.2) is 66.1 Å². The smallest absolute Gasteiger partial charge is 0.251 e.